The van der Waals surface area contributed by atoms with E-state index in [1.165, 1.54) is 13.2 Å². The first-order valence-corrected chi connectivity index (χ1v) is 8.49. The van der Waals surface area contributed by atoms with Gasteiger partial charge in [0.1, 0.15) is 0 Å². The number of carbonyl (C=O) groups is 1. The van der Waals surface area contributed by atoms with E-state index in [0.717, 1.165) is 43.6 Å². The van der Waals surface area contributed by atoms with Crippen molar-refractivity contribution in [1.82, 2.24) is 20.0 Å². The number of rotatable bonds is 2. The number of hydrogen-bond acceptors (Lipinski definition) is 3. The molecule has 6 nitrogen and oxygen atoms in total. The molecule has 0 unspecified atom stereocenters. The number of hydrogen-bond donors (Lipinski definition) is 1. The van der Waals surface area contributed by atoms with Crippen LogP contribution in [0.1, 0.15) is 36.9 Å². The smallest absolute Gasteiger partial charge is 0.381 e. The van der Waals surface area contributed by atoms with E-state index in [0.29, 0.717) is 13.1 Å². The Morgan fingerprint density at radius 2 is 1.92 bits per heavy atom. The summed E-state index contributed by atoms with van der Waals surface area (Å²) in [5.74, 6) is 0. The summed E-state index contributed by atoms with van der Waals surface area (Å²) < 4.78 is 45.3. The number of aryl methyl sites for hydroxylation is 1. The highest BCUT2D eigenvalue weighted by Crippen LogP contribution is 2.40. The molecule has 0 bridgehead atoms. The lowest BCUT2D eigenvalue weighted by Crippen LogP contribution is -2.48. The van der Waals surface area contributed by atoms with Crippen molar-refractivity contribution in [3.05, 3.63) is 17.5 Å². The van der Waals surface area contributed by atoms with Crippen LogP contribution in [0.5, 0.6) is 0 Å². The lowest BCUT2D eigenvalue weighted by molar-refractivity contribution is -0.142. The minimum absolute atomic E-state index is 0.0266. The van der Waals surface area contributed by atoms with E-state index in [-0.39, 0.29) is 23.6 Å². The Hall–Kier alpha value is -1.77. The van der Waals surface area contributed by atoms with Gasteiger partial charge in [-0.15, -0.1) is 0 Å². The van der Waals surface area contributed by atoms with Crippen LogP contribution in [0.2, 0.25) is 0 Å². The third kappa shape index (κ3) is 4.08. The summed E-state index contributed by atoms with van der Waals surface area (Å²) >= 11 is 0. The maximum absolute atomic E-state index is 12.9. The Labute approximate surface area is 144 Å². The van der Waals surface area contributed by atoms with E-state index in [4.69, 9.17) is 4.74 Å². The van der Waals surface area contributed by atoms with E-state index < -0.39 is 11.9 Å². The number of urea groups is 1. The van der Waals surface area contributed by atoms with Crippen molar-refractivity contribution >= 4 is 6.03 Å². The Bertz CT molecular complexity index is 613. The van der Waals surface area contributed by atoms with Crippen molar-refractivity contribution in [1.29, 1.82) is 0 Å². The van der Waals surface area contributed by atoms with Crippen molar-refractivity contribution in [3.63, 3.8) is 0 Å². The molecule has 2 aliphatic rings. The van der Waals surface area contributed by atoms with E-state index in [9.17, 15) is 18.0 Å². The second-order valence-corrected chi connectivity index (χ2v) is 6.93. The highest BCUT2D eigenvalue weighted by Gasteiger charge is 2.38. The molecule has 0 saturated carbocycles. The minimum atomic E-state index is -4.53. The van der Waals surface area contributed by atoms with Crippen LogP contribution >= 0.6 is 0 Å². The molecule has 9 heteroatoms. The Kier molecular flexibility index (Phi) is 4.95. The molecule has 3 rings (SSSR count). The number of ether oxygens (including phenoxy) is 1. The number of likely N-dealkylation sites (tertiary alicyclic amines) is 1. The summed E-state index contributed by atoms with van der Waals surface area (Å²) in [6.07, 6.45) is 0.646. The third-order valence-corrected chi connectivity index (χ3v) is 5.27. The van der Waals surface area contributed by atoms with E-state index in [1.807, 2.05) is 0 Å². The predicted molar refractivity (Wildman–Crippen MR) is 83.7 cm³/mol. The quantitative estimate of drug-likeness (QED) is 0.882. The molecule has 1 N–H and O–H groups in total. The van der Waals surface area contributed by atoms with E-state index >= 15 is 0 Å². The minimum Gasteiger partial charge on any atom is -0.381 e. The van der Waals surface area contributed by atoms with Crippen molar-refractivity contribution in [2.24, 2.45) is 12.5 Å². The molecule has 2 amide bonds. The number of alkyl halides is 3. The average Bonchev–Trinajstić information content (AvgIpc) is 2.95. The van der Waals surface area contributed by atoms with Crippen LogP contribution in [-0.4, -0.2) is 47.0 Å². The van der Waals surface area contributed by atoms with Gasteiger partial charge in [-0.2, -0.15) is 18.3 Å². The largest absolute Gasteiger partial charge is 0.435 e. The van der Waals surface area contributed by atoms with Crippen molar-refractivity contribution < 1.29 is 22.7 Å². The highest BCUT2D eigenvalue weighted by atomic mass is 19.4. The first-order valence-electron chi connectivity index (χ1n) is 8.49. The van der Waals surface area contributed by atoms with Gasteiger partial charge in [0, 0.05) is 51.7 Å². The molecular formula is C16H23F3N4O2. The SMILES string of the molecule is Cn1cc(CNC(=O)N2CCC3(CCOCC3)CC2)c(C(F)(F)F)n1. The van der Waals surface area contributed by atoms with E-state index in [1.54, 1.807) is 4.90 Å². The van der Waals surface area contributed by atoms with Gasteiger partial charge in [0.05, 0.1) is 0 Å². The molecule has 3 heterocycles. The molecular weight excluding hydrogens is 337 g/mol. The van der Waals surface area contributed by atoms with Crippen LogP contribution in [-0.2, 0) is 24.5 Å². The second-order valence-electron chi connectivity index (χ2n) is 6.93. The number of aromatic nitrogens is 2. The first kappa shape index (κ1) is 18.0. The fourth-order valence-electron chi connectivity index (χ4n) is 3.68. The Morgan fingerprint density at radius 1 is 1.28 bits per heavy atom. The lowest BCUT2D eigenvalue weighted by atomic mass is 9.72. The van der Waals surface area contributed by atoms with Gasteiger partial charge in [-0.1, -0.05) is 0 Å². The van der Waals surface area contributed by atoms with Crippen molar-refractivity contribution in [3.8, 4) is 0 Å². The van der Waals surface area contributed by atoms with Gasteiger partial charge in [0.25, 0.3) is 0 Å². The zero-order chi connectivity index (χ0) is 18.1. The van der Waals surface area contributed by atoms with Crippen LogP contribution < -0.4 is 5.32 Å². The third-order valence-electron chi connectivity index (χ3n) is 5.27. The van der Waals surface area contributed by atoms with Crippen LogP contribution in [0, 0.1) is 5.41 Å². The maximum atomic E-state index is 12.9. The van der Waals surface area contributed by atoms with Gasteiger partial charge in [0.15, 0.2) is 5.69 Å². The van der Waals surface area contributed by atoms with Crippen molar-refractivity contribution in [2.45, 2.75) is 38.4 Å². The van der Waals surface area contributed by atoms with Gasteiger partial charge in [-0.05, 0) is 31.1 Å². The molecule has 2 fully saturated rings. The molecule has 1 aromatic rings. The lowest BCUT2D eigenvalue weighted by Gasteiger charge is -2.44. The molecule has 0 atom stereocenters. The monoisotopic (exact) mass is 360 g/mol. The van der Waals surface area contributed by atoms with Crippen LogP contribution in [0.3, 0.4) is 0 Å². The highest BCUT2D eigenvalue weighted by molar-refractivity contribution is 5.74. The molecule has 0 aromatic carbocycles. The summed E-state index contributed by atoms with van der Waals surface area (Å²) in [5.41, 5.74) is -0.710. The normalized spacial score (nSPS) is 20.7. The summed E-state index contributed by atoms with van der Waals surface area (Å²) in [6.45, 7) is 2.62. The fraction of sp³-hybridized carbons (Fsp3) is 0.750. The second kappa shape index (κ2) is 6.86. The number of nitrogens with zero attached hydrogens (tertiary/aromatic N) is 3. The van der Waals surface area contributed by atoms with Gasteiger partial charge in [-0.25, -0.2) is 4.79 Å². The van der Waals surface area contributed by atoms with Gasteiger partial charge < -0.3 is 15.0 Å². The van der Waals surface area contributed by atoms with Crippen LogP contribution in [0.4, 0.5) is 18.0 Å². The maximum Gasteiger partial charge on any atom is 0.435 e. The first-order chi connectivity index (χ1) is 11.8. The number of piperidine rings is 1. The van der Waals surface area contributed by atoms with Crippen molar-refractivity contribution in [2.75, 3.05) is 26.3 Å². The molecule has 0 radical (unpaired) electrons. The number of nitrogens with one attached hydrogen (secondary N) is 1. The predicted octanol–water partition coefficient (Wildman–Crippen LogP) is 2.54. The molecule has 2 saturated heterocycles. The van der Waals surface area contributed by atoms with Gasteiger partial charge >= 0.3 is 12.2 Å². The number of carbonyl (C=O) groups excluding carboxylic acids is 1. The zero-order valence-corrected chi connectivity index (χ0v) is 14.2. The van der Waals surface area contributed by atoms with Gasteiger partial charge in [-0.3, -0.25) is 4.68 Å². The molecule has 140 valence electrons. The molecule has 0 aliphatic carbocycles. The topological polar surface area (TPSA) is 59.4 Å². The fourth-order valence-corrected chi connectivity index (χ4v) is 3.68. The number of halogens is 3. The van der Waals surface area contributed by atoms with Gasteiger partial charge in [0.2, 0.25) is 0 Å². The summed E-state index contributed by atoms with van der Waals surface area (Å²) in [6, 6.07) is -0.320. The van der Waals surface area contributed by atoms with E-state index in [2.05, 4.69) is 10.4 Å². The average molecular weight is 360 g/mol. The Balaban J connectivity index is 1.54. The molecule has 1 aromatic heterocycles. The summed E-state index contributed by atoms with van der Waals surface area (Å²) in [5, 5.41) is 6.04. The summed E-state index contributed by atoms with van der Waals surface area (Å²) in [7, 11) is 1.43. The summed E-state index contributed by atoms with van der Waals surface area (Å²) in [4.78, 5) is 14.0. The number of amides is 2. The molecule has 25 heavy (non-hydrogen) atoms. The Morgan fingerprint density at radius 3 is 2.52 bits per heavy atom. The molecule has 1 spiro atoms. The molecule has 2 aliphatic heterocycles. The van der Waals surface area contributed by atoms with Crippen LogP contribution in [0.15, 0.2) is 6.20 Å². The van der Waals surface area contributed by atoms with Crippen LogP contribution in [0.25, 0.3) is 0 Å². The standard InChI is InChI=1S/C16H23F3N4O2/c1-22-11-12(13(21-22)16(17,18)19)10-20-14(24)23-6-2-15(3-7-23)4-8-25-9-5-15/h11H,2-10H2,1H3,(H,20,24). The zero-order valence-electron chi connectivity index (χ0n) is 14.2.